The Morgan fingerprint density at radius 1 is 1.29 bits per heavy atom. The first kappa shape index (κ1) is 19.1. The Balaban J connectivity index is 1.59. The highest BCUT2D eigenvalue weighted by atomic mass is 16.7. The number of rotatable bonds is 6. The van der Waals surface area contributed by atoms with Gasteiger partial charge in [-0.15, -0.1) is 0 Å². The van der Waals surface area contributed by atoms with E-state index in [1.54, 1.807) is 7.11 Å². The molecule has 5 nitrogen and oxygen atoms in total. The van der Waals surface area contributed by atoms with Crippen molar-refractivity contribution in [2.45, 2.75) is 44.6 Å². The molecule has 0 saturated carbocycles. The predicted octanol–water partition coefficient (Wildman–Crippen LogP) is 4.11. The Morgan fingerprint density at radius 3 is 2.89 bits per heavy atom. The van der Waals surface area contributed by atoms with Gasteiger partial charge in [-0.05, 0) is 30.9 Å². The maximum absolute atomic E-state index is 12.9. The first-order valence-corrected chi connectivity index (χ1v) is 10.2. The molecule has 0 saturated heterocycles. The van der Waals surface area contributed by atoms with Crippen LogP contribution >= 0.6 is 0 Å². The maximum Gasteiger partial charge on any atom is 0.231 e. The summed E-state index contributed by atoms with van der Waals surface area (Å²) in [6.07, 6.45) is 11.7. The number of carbonyl (C=O) groups is 1. The smallest absolute Gasteiger partial charge is 0.231 e. The average molecular weight is 384 g/mol. The molecule has 4 rings (SSSR count). The van der Waals surface area contributed by atoms with E-state index in [0.29, 0.717) is 24.4 Å². The molecule has 0 amide bonds. The second-order valence-electron chi connectivity index (χ2n) is 8.49. The largest absolute Gasteiger partial charge is 0.492 e. The number of likely N-dealkylation sites (N-methyl/N-ethyl adjacent to an activating group) is 1. The number of fused-ring (bicyclic) bond motifs is 2. The van der Waals surface area contributed by atoms with E-state index in [-0.39, 0.29) is 12.8 Å². The first-order valence-electron chi connectivity index (χ1n) is 10.2. The van der Waals surface area contributed by atoms with Crippen LogP contribution in [0.4, 0.5) is 0 Å². The van der Waals surface area contributed by atoms with Crippen LogP contribution in [0.25, 0.3) is 0 Å². The van der Waals surface area contributed by atoms with Gasteiger partial charge in [0.15, 0.2) is 11.5 Å². The molecule has 0 radical (unpaired) electrons. The molecule has 0 bridgehead atoms. The fourth-order valence-electron chi connectivity index (χ4n) is 4.57. The molecule has 0 fully saturated rings. The van der Waals surface area contributed by atoms with Gasteiger partial charge in [-0.3, -0.25) is 4.79 Å². The van der Waals surface area contributed by atoms with Gasteiger partial charge in [0.25, 0.3) is 0 Å². The summed E-state index contributed by atoms with van der Waals surface area (Å²) in [5, 5.41) is 0. The van der Waals surface area contributed by atoms with Crippen molar-refractivity contribution in [2.75, 3.05) is 34.5 Å². The molecule has 0 spiro atoms. The van der Waals surface area contributed by atoms with Crippen molar-refractivity contribution >= 4 is 5.78 Å². The minimum absolute atomic E-state index is 0.0663. The van der Waals surface area contributed by atoms with Crippen LogP contribution in [-0.4, -0.2) is 44.8 Å². The van der Waals surface area contributed by atoms with Crippen LogP contribution in [0.15, 0.2) is 29.9 Å². The van der Waals surface area contributed by atoms with E-state index in [1.807, 2.05) is 0 Å². The number of methoxy groups -OCH3 is 1. The van der Waals surface area contributed by atoms with E-state index in [0.717, 1.165) is 53.8 Å². The molecule has 1 aromatic carbocycles. The molecule has 1 aliphatic carbocycles. The predicted molar refractivity (Wildman–Crippen MR) is 108 cm³/mol. The van der Waals surface area contributed by atoms with Gasteiger partial charge in [0.1, 0.15) is 11.8 Å². The number of hydrogen-bond acceptors (Lipinski definition) is 4. The van der Waals surface area contributed by atoms with Crippen molar-refractivity contribution in [3.63, 3.8) is 0 Å². The number of Topliss-reactive ketones (excluding diaryl/α,β-unsaturated/α-hetero) is 1. The number of ketones is 1. The molecule has 150 valence electrons. The highest BCUT2D eigenvalue weighted by Gasteiger charge is 2.42. The van der Waals surface area contributed by atoms with Crippen LogP contribution in [0, 0.1) is 0 Å². The van der Waals surface area contributed by atoms with Gasteiger partial charge in [-0.1, -0.05) is 23.8 Å². The van der Waals surface area contributed by atoms with Crippen LogP contribution in [0.5, 0.6) is 17.2 Å². The number of carbonyl (C=O) groups excluding carboxylic acids is 1. The Hall–Kier alpha value is -2.27. The molecule has 1 aromatic rings. The summed E-state index contributed by atoms with van der Waals surface area (Å²) >= 11 is 0. The summed E-state index contributed by atoms with van der Waals surface area (Å²) in [6.45, 7) is 1.21. The molecule has 2 aliphatic heterocycles. The molecule has 28 heavy (non-hydrogen) atoms. The zero-order valence-electron chi connectivity index (χ0n) is 17.1. The van der Waals surface area contributed by atoms with Crippen molar-refractivity contribution < 1.29 is 23.5 Å². The Morgan fingerprint density at radius 2 is 2.14 bits per heavy atom. The SMILES string of the molecule is COc1c2c(cc3c1C(CC(=O)CCC1=CCCC=C1)[N+](C)(C)CC3)OCO2. The van der Waals surface area contributed by atoms with E-state index in [9.17, 15) is 4.79 Å². The van der Waals surface area contributed by atoms with Crippen LogP contribution in [0.2, 0.25) is 0 Å². The van der Waals surface area contributed by atoms with Gasteiger partial charge in [0, 0.05) is 12.8 Å². The van der Waals surface area contributed by atoms with Gasteiger partial charge in [0.05, 0.1) is 39.7 Å². The molecule has 5 heteroatoms. The zero-order chi connectivity index (χ0) is 19.7. The van der Waals surface area contributed by atoms with Crippen LogP contribution in [0.1, 0.15) is 49.3 Å². The fourth-order valence-corrected chi connectivity index (χ4v) is 4.57. The van der Waals surface area contributed by atoms with Crippen molar-refractivity contribution in [1.82, 2.24) is 0 Å². The van der Waals surface area contributed by atoms with E-state index in [1.165, 1.54) is 11.1 Å². The second kappa shape index (κ2) is 7.63. The summed E-state index contributed by atoms with van der Waals surface area (Å²) in [7, 11) is 6.08. The maximum atomic E-state index is 12.9. The monoisotopic (exact) mass is 384 g/mol. The van der Waals surface area contributed by atoms with Gasteiger partial charge < -0.3 is 18.7 Å². The molecule has 0 aromatic heterocycles. The number of allylic oxidation sites excluding steroid dienone is 4. The average Bonchev–Trinajstić information content (AvgIpc) is 3.16. The van der Waals surface area contributed by atoms with Crippen molar-refractivity contribution in [1.29, 1.82) is 0 Å². The minimum atomic E-state index is 0.0663. The van der Waals surface area contributed by atoms with E-state index in [2.05, 4.69) is 38.4 Å². The van der Waals surface area contributed by atoms with Crippen molar-refractivity contribution in [3.8, 4) is 17.2 Å². The Labute approximate surface area is 167 Å². The summed E-state index contributed by atoms with van der Waals surface area (Å²) in [4.78, 5) is 12.9. The molecule has 0 N–H and O–H groups in total. The zero-order valence-corrected chi connectivity index (χ0v) is 17.1. The lowest BCUT2D eigenvalue weighted by Gasteiger charge is -2.43. The molecule has 1 atom stereocenters. The molecule has 2 heterocycles. The number of hydrogen-bond donors (Lipinski definition) is 0. The van der Waals surface area contributed by atoms with E-state index >= 15 is 0 Å². The normalized spacial score (nSPS) is 21.8. The molecular formula is C23H30NO4+. The fraction of sp³-hybridized carbons (Fsp3) is 0.522. The quantitative estimate of drug-likeness (QED) is 0.693. The lowest BCUT2D eigenvalue weighted by molar-refractivity contribution is -0.922. The lowest BCUT2D eigenvalue weighted by Crippen LogP contribution is -2.48. The minimum Gasteiger partial charge on any atom is -0.492 e. The molecular weight excluding hydrogens is 354 g/mol. The van der Waals surface area contributed by atoms with Gasteiger partial charge >= 0.3 is 0 Å². The third-order valence-electron chi connectivity index (χ3n) is 6.27. The molecule has 1 unspecified atom stereocenters. The standard InChI is InChI=1S/C23H30NO4/c1-24(2)12-11-17-13-20-22(28-15-27-20)23(26-3)21(17)19(24)14-18(25)10-9-16-7-5-4-6-8-16/h5,7-8,13,19H,4,6,9-12,14-15H2,1-3H3/q+1. The summed E-state index contributed by atoms with van der Waals surface area (Å²) < 4.78 is 17.8. The highest BCUT2D eigenvalue weighted by molar-refractivity contribution is 5.80. The van der Waals surface area contributed by atoms with Gasteiger partial charge in [-0.2, -0.15) is 0 Å². The number of quaternary nitrogens is 1. The second-order valence-corrected chi connectivity index (χ2v) is 8.49. The Kier molecular flexibility index (Phi) is 5.19. The van der Waals surface area contributed by atoms with E-state index in [4.69, 9.17) is 14.2 Å². The van der Waals surface area contributed by atoms with Crippen LogP contribution in [0.3, 0.4) is 0 Å². The summed E-state index contributed by atoms with van der Waals surface area (Å²) in [5.74, 6) is 2.48. The lowest BCUT2D eigenvalue weighted by atomic mass is 9.86. The van der Waals surface area contributed by atoms with Gasteiger partial charge in [-0.25, -0.2) is 0 Å². The summed E-state index contributed by atoms with van der Waals surface area (Å²) in [5.41, 5.74) is 3.63. The van der Waals surface area contributed by atoms with Crippen molar-refractivity contribution in [2.24, 2.45) is 0 Å². The van der Waals surface area contributed by atoms with Gasteiger partial charge in [0.2, 0.25) is 12.5 Å². The third kappa shape index (κ3) is 3.55. The molecule has 3 aliphatic rings. The number of benzene rings is 1. The first-order chi connectivity index (χ1) is 13.5. The van der Waals surface area contributed by atoms with Crippen LogP contribution < -0.4 is 14.2 Å². The van der Waals surface area contributed by atoms with Crippen LogP contribution in [-0.2, 0) is 11.2 Å². The number of nitrogens with zero attached hydrogens (tertiary/aromatic N) is 1. The summed E-state index contributed by atoms with van der Waals surface area (Å²) in [6, 6.07) is 2.14. The Bertz CT molecular complexity index is 837. The third-order valence-corrected chi connectivity index (χ3v) is 6.27. The highest BCUT2D eigenvalue weighted by Crippen LogP contribution is 2.51. The van der Waals surface area contributed by atoms with E-state index < -0.39 is 0 Å². The topological polar surface area (TPSA) is 44.8 Å². The van der Waals surface area contributed by atoms with Crippen molar-refractivity contribution in [3.05, 3.63) is 41.0 Å². The number of ether oxygens (including phenoxy) is 3.